The number of amides is 1. The van der Waals surface area contributed by atoms with E-state index in [9.17, 15) is 26.8 Å². The van der Waals surface area contributed by atoms with Crippen molar-refractivity contribution in [2.75, 3.05) is 25.0 Å². The molecule has 2 aromatic rings. The Morgan fingerprint density at radius 1 is 1.16 bits per heavy atom. The maximum absolute atomic E-state index is 13.6. The number of hydrogen-bond donors (Lipinski definition) is 1. The molecule has 1 fully saturated rings. The molecule has 10 heteroatoms. The summed E-state index contributed by atoms with van der Waals surface area (Å²) < 4.78 is 58.3. The molecular weight excluding hydrogens is 430 g/mol. The third-order valence-electron chi connectivity index (χ3n) is 4.97. The molecule has 0 aromatic heterocycles. The van der Waals surface area contributed by atoms with E-state index < -0.39 is 46.1 Å². The van der Waals surface area contributed by atoms with Crippen molar-refractivity contribution in [3.05, 3.63) is 59.7 Å². The molecule has 1 N–H and O–H groups in total. The molecule has 0 aliphatic carbocycles. The first-order valence-corrected chi connectivity index (χ1v) is 11.1. The van der Waals surface area contributed by atoms with Gasteiger partial charge in [-0.2, -0.15) is 4.31 Å². The number of benzene rings is 2. The van der Waals surface area contributed by atoms with E-state index in [1.54, 1.807) is 6.92 Å². The number of hydrogen-bond acceptors (Lipinski definition) is 5. The highest BCUT2D eigenvalue weighted by atomic mass is 32.2. The van der Waals surface area contributed by atoms with Crippen LogP contribution in [0.3, 0.4) is 0 Å². The first-order valence-electron chi connectivity index (χ1n) is 9.65. The Kier molecular flexibility index (Phi) is 7.01. The summed E-state index contributed by atoms with van der Waals surface area (Å²) in [6.45, 7) is 1.15. The van der Waals surface area contributed by atoms with Crippen LogP contribution in [-0.4, -0.2) is 44.3 Å². The molecule has 2 aromatic carbocycles. The Hall–Kier alpha value is -2.85. The fraction of sp³-hybridized carbons (Fsp3) is 0.333. The predicted octanol–water partition coefficient (Wildman–Crippen LogP) is 2.86. The number of carbonyl (C=O) groups is 2. The van der Waals surface area contributed by atoms with Crippen molar-refractivity contribution in [2.45, 2.75) is 24.7 Å². The van der Waals surface area contributed by atoms with E-state index >= 15 is 0 Å². The van der Waals surface area contributed by atoms with E-state index in [0.29, 0.717) is 18.4 Å². The lowest BCUT2D eigenvalue weighted by Gasteiger charge is -2.30. The molecule has 1 saturated heterocycles. The monoisotopic (exact) mass is 452 g/mol. The number of halogens is 2. The lowest BCUT2D eigenvalue weighted by molar-refractivity contribution is -0.152. The van der Waals surface area contributed by atoms with Crippen LogP contribution in [0.2, 0.25) is 0 Å². The topological polar surface area (TPSA) is 92.8 Å². The van der Waals surface area contributed by atoms with Gasteiger partial charge >= 0.3 is 5.97 Å². The number of nitrogens with zero attached hydrogens (tertiary/aromatic N) is 1. The summed E-state index contributed by atoms with van der Waals surface area (Å²) in [7, 11) is -3.88. The molecule has 0 spiro atoms. The smallest absolute Gasteiger partial charge is 0.310 e. The van der Waals surface area contributed by atoms with Crippen LogP contribution in [0, 0.1) is 24.5 Å². The van der Waals surface area contributed by atoms with Crippen LogP contribution in [0.4, 0.5) is 14.5 Å². The normalized spacial score (nSPS) is 17.2. The zero-order valence-electron chi connectivity index (χ0n) is 16.8. The van der Waals surface area contributed by atoms with Gasteiger partial charge in [-0.15, -0.1) is 0 Å². The van der Waals surface area contributed by atoms with Crippen molar-refractivity contribution in [3.63, 3.8) is 0 Å². The van der Waals surface area contributed by atoms with Crippen molar-refractivity contribution < 1.29 is 31.5 Å². The van der Waals surface area contributed by atoms with Crippen LogP contribution in [0.5, 0.6) is 0 Å². The van der Waals surface area contributed by atoms with Crippen molar-refractivity contribution >= 4 is 27.6 Å². The minimum absolute atomic E-state index is 0.0624. The van der Waals surface area contributed by atoms with Gasteiger partial charge in [0.25, 0.3) is 5.91 Å². The van der Waals surface area contributed by atoms with E-state index in [1.807, 2.05) is 0 Å². The van der Waals surface area contributed by atoms with Gasteiger partial charge in [-0.1, -0.05) is 6.07 Å². The maximum atomic E-state index is 13.6. The van der Waals surface area contributed by atoms with Gasteiger partial charge in [-0.05, 0) is 61.7 Å². The summed E-state index contributed by atoms with van der Waals surface area (Å²) in [6.07, 6.45) is 0.855. The molecule has 1 unspecified atom stereocenters. The second kappa shape index (κ2) is 9.52. The quantitative estimate of drug-likeness (QED) is 0.681. The fourth-order valence-corrected chi connectivity index (χ4v) is 4.75. The van der Waals surface area contributed by atoms with E-state index in [4.69, 9.17) is 4.74 Å². The Morgan fingerprint density at radius 3 is 2.55 bits per heavy atom. The third-order valence-corrected chi connectivity index (χ3v) is 6.85. The fourth-order valence-electron chi connectivity index (χ4n) is 3.23. The number of anilines is 1. The molecule has 166 valence electrons. The largest absolute Gasteiger partial charge is 0.455 e. The van der Waals surface area contributed by atoms with E-state index in [2.05, 4.69) is 5.32 Å². The highest BCUT2D eigenvalue weighted by Crippen LogP contribution is 2.24. The molecule has 1 heterocycles. The van der Waals surface area contributed by atoms with E-state index in [0.717, 1.165) is 22.5 Å². The predicted molar refractivity (Wildman–Crippen MR) is 109 cm³/mol. The summed E-state index contributed by atoms with van der Waals surface area (Å²) in [6, 6.07) is 8.65. The standard InChI is InChI=1S/C21H22F2N2O5S/c1-14-4-7-17(11-19(14)23)24-20(26)13-30-21(27)15-3-2-10-25(12-15)31(28,29)18-8-5-16(22)6-9-18/h4-9,11,15H,2-3,10,12-13H2,1H3,(H,24,26). The molecule has 1 amide bonds. The Morgan fingerprint density at radius 2 is 1.87 bits per heavy atom. The van der Waals surface area contributed by atoms with Gasteiger partial charge in [0.2, 0.25) is 10.0 Å². The SMILES string of the molecule is Cc1ccc(NC(=O)COC(=O)C2CCCN(S(=O)(=O)c3ccc(F)cc3)C2)cc1F. The second-order valence-corrected chi connectivity index (χ2v) is 9.21. The Bertz CT molecular complexity index is 1070. The van der Waals surface area contributed by atoms with E-state index in [1.165, 1.54) is 24.3 Å². The molecular formula is C21H22F2N2O5S. The zero-order chi connectivity index (χ0) is 22.6. The van der Waals surface area contributed by atoms with Crippen LogP contribution in [0.25, 0.3) is 0 Å². The number of esters is 1. The maximum Gasteiger partial charge on any atom is 0.310 e. The molecule has 31 heavy (non-hydrogen) atoms. The number of sulfonamides is 1. The highest BCUT2D eigenvalue weighted by Gasteiger charge is 2.34. The summed E-state index contributed by atoms with van der Waals surface area (Å²) >= 11 is 0. The van der Waals surface area contributed by atoms with Crippen LogP contribution in [-0.2, 0) is 24.3 Å². The molecule has 1 aliphatic rings. The molecule has 0 radical (unpaired) electrons. The summed E-state index contributed by atoms with van der Waals surface area (Å²) in [4.78, 5) is 24.3. The average molecular weight is 452 g/mol. The minimum Gasteiger partial charge on any atom is -0.455 e. The molecule has 0 saturated carbocycles. The second-order valence-electron chi connectivity index (χ2n) is 7.28. The molecule has 3 rings (SSSR count). The van der Waals surface area contributed by atoms with Gasteiger partial charge in [0.05, 0.1) is 10.8 Å². The highest BCUT2D eigenvalue weighted by molar-refractivity contribution is 7.89. The average Bonchev–Trinajstić information content (AvgIpc) is 2.75. The molecule has 7 nitrogen and oxygen atoms in total. The summed E-state index contributed by atoms with van der Waals surface area (Å²) in [5.74, 6) is -3.08. The van der Waals surface area contributed by atoms with Crippen LogP contribution in [0.15, 0.2) is 47.4 Å². The van der Waals surface area contributed by atoms with Gasteiger partial charge in [-0.3, -0.25) is 9.59 Å². The van der Waals surface area contributed by atoms with Gasteiger partial charge < -0.3 is 10.1 Å². The Balaban J connectivity index is 1.56. The number of ether oxygens (including phenoxy) is 1. The number of piperidine rings is 1. The van der Waals surface area contributed by atoms with Crippen LogP contribution in [0.1, 0.15) is 18.4 Å². The van der Waals surface area contributed by atoms with Crippen LogP contribution < -0.4 is 5.32 Å². The number of nitrogens with one attached hydrogen (secondary N) is 1. The number of carbonyl (C=O) groups excluding carboxylic acids is 2. The van der Waals surface area contributed by atoms with E-state index in [-0.39, 0.29) is 23.7 Å². The van der Waals surface area contributed by atoms with Crippen molar-refractivity contribution in [1.82, 2.24) is 4.31 Å². The molecule has 0 bridgehead atoms. The summed E-state index contributed by atoms with van der Waals surface area (Å²) in [5.41, 5.74) is 0.667. The molecule has 1 aliphatic heterocycles. The molecule has 1 atom stereocenters. The van der Waals surface area contributed by atoms with Gasteiger partial charge in [0.15, 0.2) is 6.61 Å². The minimum atomic E-state index is -3.88. The van der Waals surface area contributed by atoms with Crippen molar-refractivity contribution in [2.24, 2.45) is 5.92 Å². The van der Waals surface area contributed by atoms with Gasteiger partial charge in [0.1, 0.15) is 11.6 Å². The van der Waals surface area contributed by atoms with Gasteiger partial charge in [0, 0.05) is 18.8 Å². The summed E-state index contributed by atoms with van der Waals surface area (Å²) in [5, 5.41) is 2.43. The van der Waals surface area contributed by atoms with Crippen LogP contribution >= 0.6 is 0 Å². The zero-order valence-corrected chi connectivity index (χ0v) is 17.6. The first-order chi connectivity index (χ1) is 14.7. The number of rotatable bonds is 6. The lowest BCUT2D eigenvalue weighted by atomic mass is 10.00. The lowest BCUT2D eigenvalue weighted by Crippen LogP contribution is -2.43. The first kappa shape index (κ1) is 22.8. The third kappa shape index (κ3) is 5.65. The van der Waals surface area contributed by atoms with Crippen molar-refractivity contribution in [3.8, 4) is 0 Å². The number of aryl methyl sites for hydroxylation is 1. The van der Waals surface area contributed by atoms with Gasteiger partial charge in [-0.25, -0.2) is 17.2 Å². The Labute approximate surface area is 179 Å². The van der Waals surface area contributed by atoms with Crippen molar-refractivity contribution in [1.29, 1.82) is 0 Å².